The predicted molar refractivity (Wildman–Crippen MR) is 115 cm³/mol. The number of fused-ring (bicyclic) bond motifs is 1. The number of carbonyl (C=O) groups excluding carboxylic acids is 3. The van der Waals surface area contributed by atoms with Gasteiger partial charge in [0.05, 0.1) is 6.04 Å². The van der Waals surface area contributed by atoms with E-state index in [0.717, 1.165) is 22.0 Å². The first kappa shape index (κ1) is 21.1. The van der Waals surface area contributed by atoms with Crippen molar-refractivity contribution in [1.82, 2.24) is 15.6 Å². The molecule has 0 bridgehead atoms. The van der Waals surface area contributed by atoms with Gasteiger partial charge < -0.3 is 21.4 Å². The van der Waals surface area contributed by atoms with Crippen LogP contribution in [-0.2, 0) is 20.8 Å². The number of nitrogens with one attached hydrogen (secondary N) is 3. The Morgan fingerprint density at radius 2 is 1.57 bits per heavy atom. The van der Waals surface area contributed by atoms with Crippen LogP contribution in [0.25, 0.3) is 10.9 Å². The molecule has 0 spiro atoms. The van der Waals surface area contributed by atoms with Gasteiger partial charge in [-0.25, -0.2) is 0 Å². The third-order valence-electron chi connectivity index (χ3n) is 5.03. The fourth-order valence-electron chi connectivity index (χ4n) is 3.38. The van der Waals surface area contributed by atoms with E-state index in [1.165, 1.54) is 0 Å². The number of aromatic nitrogens is 1. The Kier molecular flexibility index (Phi) is 6.85. The number of carbonyl (C=O) groups is 3. The molecule has 3 amide bonds. The Hall–Kier alpha value is -3.61. The zero-order chi connectivity index (χ0) is 21.5. The SMILES string of the molecule is C[C@@H](NC(=O)CCC(=O)N[C@H](Cc1c[nH]c2ccccc12)C(N)=O)c1ccccc1. The highest BCUT2D eigenvalue weighted by molar-refractivity contribution is 5.90. The molecule has 1 aromatic heterocycles. The number of aromatic amines is 1. The van der Waals surface area contributed by atoms with E-state index in [1.54, 1.807) is 0 Å². The summed E-state index contributed by atoms with van der Waals surface area (Å²) in [7, 11) is 0. The fraction of sp³-hybridized carbons (Fsp3) is 0.261. The molecule has 0 saturated carbocycles. The van der Waals surface area contributed by atoms with Gasteiger partial charge in [0.2, 0.25) is 17.7 Å². The monoisotopic (exact) mass is 406 g/mol. The topological polar surface area (TPSA) is 117 Å². The lowest BCUT2D eigenvalue weighted by atomic mass is 10.0. The summed E-state index contributed by atoms with van der Waals surface area (Å²) < 4.78 is 0. The zero-order valence-electron chi connectivity index (χ0n) is 16.9. The highest BCUT2D eigenvalue weighted by atomic mass is 16.2. The van der Waals surface area contributed by atoms with Gasteiger partial charge in [0, 0.05) is 36.4 Å². The van der Waals surface area contributed by atoms with E-state index in [2.05, 4.69) is 15.6 Å². The Bertz CT molecular complexity index is 1030. The highest BCUT2D eigenvalue weighted by Gasteiger charge is 2.21. The van der Waals surface area contributed by atoms with Gasteiger partial charge in [-0.2, -0.15) is 0 Å². The van der Waals surface area contributed by atoms with E-state index in [0.29, 0.717) is 0 Å². The first-order valence-corrected chi connectivity index (χ1v) is 9.92. The number of benzene rings is 2. The standard InChI is InChI=1S/C23H26N4O3/c1-15(16-7-3-2-4-8-16)26-21(28)11-12-22(29)27-20(23(24)30)13-17-14-25-19-10-6-5-9-18(17)19/h2-10,14-15,20,25H,11-13H2,1H3,(H2,24,30)(H,26,28)(H,27,29)/t15-,20-/m1/s1. The van der Waals surface area contributed by atoms with Gasteiger partial charge in [-0.05, 0) is 24.1 Å². The fourth-order valence-corrected chi connectivity index (χ4v) is 3.38. The Morgan fingerprint density at radius 3 is 2.27 bits per heavy atom. The molecular weight excluding hydrogens is 380 g/mol. The average molecular weight is 406 g/mol. The zero-order valence-corrected chi connectivity index (χ0v) is 16.9. The quantitative estimate of drug-likeness (QED) is 0.437. The summed E-state index contributed by atoms with van der Waals surface area (Å²) in [5.74, 6) is -1.23. The normalized spacial score (nSPS) is 12.8. The molecule has 2 aromatic carbocycles. The van der Waals surface area contributed by atoms with Crippen LogP contribution in [0.2, 0.25) is 0 Å². The van der Waals surface area contributed by atoms with Crippen LogP contribution in [0.5, 0.6) is 0 Å². The number of primary amides is 1. The van der Waals surface area contributed by atoms with Crippen LogP contribution in [0.1, 0.15) is 36.9 Å². The Morgan fingerprint density at radius 1 is 0.933 bits per heavy atom. The maximum absolute atomic E-state index is 12.3. The summed E-state index contributed by atoms with van der Waals surface area (Å²) >= 11 is 0. The molecule has 0 aliphatic rings. The number of amides is 3. The van der Waals surface area contributed by atoms with Crippen molar-refractivity contribution >= 4 is 28.6 Å². The lowest BCUT2D eigenvalue weighted by Crippen LogP contribution is -2.46. The molecule has 5 N–H and O–H groups in total. The van der Waals surface area contributed by atoms with Crippen LogP contribution in [0.15, 0.2) is 60.8 Å². The van der Waals surface area contributed by atoms with Crippen molar-refractivity contribution in [3.05, 3.63) is 71.9 Å². The summed E-state index contributed by atoms with van der Waals surface area (Å²) in [5, 5.41) is 6.50. The van der Waals surface area contributed by atoms with Crippen molar-refractivity contribution in [3.8, 4) is 0 Å². The number of H-pyrrole nitrogens is 1. The second-order valence-corrected chi connectivity index (χ2v) is 7.29. The molecule has 3 rings (SSSR count). The van der Waals surface area contributed by atoms with Crippen molar-refractivity contribution in [3.63, 3.8) is 0 Å². The van der Waals surface area contributed by atoms with Crippen LogP contribution in [0.3, 0.4) is 0 Å². The molecule has 3 aromatic rings. The van der Waals surface area contributed by atoms with Gasteiger partial charge in [0.1, 0.15) is 6.04 Å². The molecule has 0 fully saturated rings. The lowest BCUT2D eigenvalue weighted by molar-refractivity contribution is -0.129. The van der Waals surface area contributed by atoms with Gasteiger partial charge in [0.15, 0.2) is 0 Å². The van der Waals surface area contributed by atoms with Gasteiger partial charge in [0.25, 0.3) is 0 Å². The molecule has 0 aliphatic carbocycles. The number of hydrogen-bond acceptors (Lipinski definition) is 3. The highest BCUT2D eigenvalue weighted by Crippen LogP contribution is 2.19. The van der Waals surface area contributed by atoms with Crippen molar-refractivity contribution < 1.29 is 14.4 Å². The van der Waals surface area contributed by atoms with Crippen LogP contribution in [0.4, 0.5) is 0 Å². The number of hydrogen-bond donors (Lipinski definition) is 4. The molecule has 1 heterocycles. The summed E-state index contributed by atoms with van der Waals surface area (Å²) in [6.45, 7) is 1.89. The molecule has 30 heavy (non-hydrogen) atoms. The van der Waals surface area contributed by atoms with Gasteiger partial charge in [-0.1, -0.05) is 48.5 Å². The Labute approximate surface area is 175 Å². The van der Waals surface area contributed by atoms with Gasteiger partial charge in [-0.15, -0.1) is 0 Å². The first-order chi connectivity index (χ1) is 14.4. The summed E-state index contributed by atoms with van der Waals surface area (Å²) in [4.78, 5) is 39.5. The maximum atomic E-state index is 12.3. The Balaban J connectivity index is 1.51. The molecule has 156 valence electrons. The smallest absolute Gasteiger partial charge is 0.240 e. The minimum Gasteiger partial charge on any atom is -0.368 e. The van der Waals surface area contributed by atoms with Crippen LogP contribution >= 0.6 is 0 Å². The van der Waals surface area contributed by atoms with Crippen molar-refractivity contribution in [1.29, 1.82) is 0 Å². The number of rotatable bonds is 9. The van der Waals surface area contributed by atoms with Gasteiger partial charge >= 0.3 is 0 Å². The molecule has 2 atom stereocenters. The third-order valence-corrected chi connectivity index (χ3v) is 5.03. The molecular formula is C23H26N4O3. The summed E-state index contributed by atoms with van der Waals surface area (Å²) in [6.07, 6.45) is 2.10. The summed E-state index contributed by atoms with van der Waals surface area (Å²) in [5.41, 5.74) is 8.32. The molecule has 0 unspecified atom stereocenters. The lowest BCUT2D eigenvalue weighted by Gasteiger charge is -2.16. The van der Waals surface area contributed by atoms with E-state index in [1.807, 2.05) is 67.7 Å². The second-order valence-electron chi connectivity index (χ2n) is 7.29. The van der Waals surface area contributed by atoms with Crippen molar-refractivity contribution in [2.45, 2.75) is 38.3 Å². The van der Waals surface area contributed by atoms with E-state index in [9.17, 15) is 14.4 Å². The minimum absolute atomic E-state index is 0.0228. The van der Waals surface area contributed by atoms with E-state index >= 15 is 0 Å². The first-order valence-electron chi connectivity index (χ1n) is 9.92. The minimum atomic E-state index is -0.844. The largest absolute Gasteiger partial charge is 0.368 e. The van der Waals surface area contributed by atoms with Crippen LogP contribution in [0, 0.1) is 0 Å². The van der Waals surface area contributed by atoms with Crippen molar-refractivity contribution in [2.75, 3.05) is 0 Å². The molecule has 7 nitrogen and oxygen atoms in total. The van der Waals surface area contributed by atoms with E-state index < -0.39 is 11.9 Å². The average Bonchev–Trinajstić information content (AvgIpc) is 3.15. The van der Waals surface area contributed by atoms with Crippen LogP contribution in [-0.4, -0.2) is 28.7 Å². The van der Waals surface area contributed by atoms with E-state index in [4.69, 9.17) is 5.73 Å². The van der Waals surface area contributed by atoms with Crippen LogP contribution < -0.4 is 16.4 Å². The molecule has 0 radical (unpaired) electrons. The van der Waals surface area contributed by atoms with Gasteiger partial charge in [-0.3, -0.25) is 14.4 Å². The molecule has 0 saturated heterocycles. The molecule has 0 aliphatic heterocycles. The maximum Gasteiger partial charge on any atom is 0.240 e. The predicted octanol–water partition coefficient (Wildman–Crippen LogP) is 2.34. The third kappa shape index (κ3) is 5.47. The molecule has 7 heteroatoms. The summed E-state index contributed by atoms with van der Waals surface area (Å²) in [6, 6.07) is 16.3. The number of nitrogens with two attached hydrogens (primary N) is 1. The number of para-hydroxylation sites is 1. The second kappa shape index (κ2) is 9.73. The van der Waals surface area contributed by atoms with Crippen molar-refractivity contribution in [2.24, 2.45) is 5.73 Å². The van der Waals surface area contributed by atoms with E-state index in [-0.39, 0.29) is 37.1 Å².